The van der Waals surface area contributed by atoms with E-state index in [1.807, 2.05) is 30.3 Å². The molecule has 46 valence electrons. The molecule has 0 saturated heterocycles. The number of nitrogens with zero attached hydrogens (tertiary/aromatic N) is 1. The molecular weight excluding hydrogens is 199 g/mol. The molecule has 0 atom stereocenters. The van der Waals surface area contributed by atoms with Crippen LogP contribution in [0.15, 0.2) is 30.3 Å². The molecule has 2 heteroatoms. The Labute approximate surface area is 86.9 Å². The van der Waals surface area contributed by atoms with Gasteiger partial charge in [0.1, 0.15) is 0 Å². The second kappa shape index (κ2) is 11.5. The number of hydrogen-bond donors (Lipinski definition) is 0. The maximum atomic E-state index is 7.21. The third kappa shape index (κ3) is 10.6. The van der Waals surface area contributed by atoms with Gasteiger partial charge < -0.3 is 6.92 Å². The van der Waals surface area contributed by atoms with Gasteiger partial charge in [0.2, 0.25) is 0 Å². The molecule has 1 nitrogen and oxygen atoms in total. The van der Waals surface area contributed by atoms with Gasteiger partial charge in [-0.25, -0.2) is 5.26 Å². The zero-order valence-corrected chi connectivity index (χ0v) is 8.46. The van der Waals surface area contributed by atoms with Gasteiger partial charge in [0, 0.05) is 0 Å². The fourth-order valence-corrected chi connectivity index (χ4v) is 0.342. The molecule has 0 spiro atoms. The summed E-state index contributed by atoms with van der Waals surface area (Å²) in [5.41, 5.74) is 0. The first-order chi connectivity index (χ1) is 4.41. The summed E-state index contributed by atoms with van der Waals surface area (Å²) in [5.74, 6) is 0. The quantitative estimate of drug-likeness (QED) is 0.594. The Bertz CT molecular complexity index is 140. The molecule has 1 aromatic carbocycles. The minimum Gasteiger partial charge on any atom is -0.305 e. The van der Waals surface area contributed by atoms with E-state index < -0.39 is 0 Å². The Morgan fingerprint density at radius 2 is 1.60 bits per heavy atom. The van der Waals surface area contributed by atoms with E-state index in [-0.39, 0.29) is 32.7 Å². The van der Waals surface area contributed by atoms with E-state index in [9.17, 15) is 0 Å². The van der Waals surface area contributed by atoms with Crippen molar-refractivity contribution < 1.29 is 32.7 Å². The molecule has 0 aromatic heterocycles. The van der Waals surface area contributed by atoms with Crippen molar-refractivity contribution in [2.75, 3.05) is 0 Å². The van der Waals surface area contributed by atoms with E-state index in [2.05, 4.69) is 13.0 Å². The molecule has 0 fully saturated rings. The first kappa shape index (κ1) is 12.4. The Morgan fingerprint density at radius 1 is 1.20 bits per heavy atom. The molecule has 10 heavy (non-hydrogen) atoms. The van der Waals surface area contributed by atoms with Crippen LogP contribution in [0.1, 0.15) is 0 Å². The molecule has 0 amide bonds. The van der Waals surface area contributed by atoms with Crippen LogP contribution in [0.25, 0.3) is 0 Å². The van der Waals surface area contributed by atoms with Gasteiger partial charge in [0.05, 0.1) is 0 Å². The minimum absolute atomic E-state index is 0. The van der Waals surface area contributed by atoms with Gasteiger partial charge in [0.25, 0.3) is 0 Å². The third-order valence-electron chi connectivity index (χ3n) is 0.607. The Morgan fingerprint density at radius 3 is 1.70 bits per heavy atom. The van der Waals surface area contributed by atoms with Crippen LogP contribution in [0.3, 0.4) is 0 Å². The van der Waals surface area contributed by atoms with Gasteiger partial charge in [-0.05, 0) is 0 Å². The SMILES string of the molecule is [CH2-]C#N.[Y+3].[c-]1ccccc1. The first-order valence-electron chi connectivity index (χ1n) is 2.49. The van der Waals surface area contributed by atoms with Gasteiger partial charge in [-0.3, -0.25) is 0 Å². The van der Waals surface area contributed by atoms with Crippen LogP contribution < -0.4 is 0 Å². The summed E-state index contributed by atoms with van der Waals surface area (Å²) in [6.45, 7) is 2.79. The van der Waals surface area contributed by atoms with Crippen LogP contribution in [0.4, 0.5) is 0 Å². The molecule has 0 aliphatic heterocycles. The summed E-state index contributed by atoms with van der Waals surface area (Å²) >= 11 is 0. The molecule has 0 bridgehead atoms. The molecule has 1 aromatic rings. The average Bonchev–Trinajstić information content (AvgIpc) is 1.93. The van der Waals surface area contributed by atoms with Crippen molar-refractivity contribution in [3.05, 3.63) is 43.3 Å². The summed E-state index contributed by atoms with van der Waals surface area (Å²) in [7, 11) is 0. The summed E-state index contributed by atoms with van der Waals surface area (Å²) in [6, 6.07) is 14.0. The van der Waals surface area contributed by atoms with Crippen LogP contribution in [0.5, 0.6) is 0 Å². The van der Waals surface area contributed by atoms with Crippen LogP contribution >= 0.6 is 0 Å². The second-order valence-electron chi connectivity index (χ2n) is 1.24. The molecule has 0 aliphatic rings. The first-order valence-corrected chi connectivity index (χ1v) is 2.49. The standard InChI is InChI=1S/C6H5.C2H2N.Y/c1-2-4-6-5-3-1;1-2-3;/h1-5H;1H2;/q2*-1;+3. The Hall–Kier alpha value is -0.316. The number of nitriles is 1. The van der Waals surface area contributed by atoms with E-state index in [1.165, 1.54) is 6.07 Å². The van der Waals surface area contributed by atoms with Crippen molar-refractivity contribution in [2.24, 2.45) is 0 Å². The summed E-state index contributed by atoms with van der Waals surface area (Å²) in [5, 5.41) is 7.21. The van der Waals surface area contributed by atoms with Crippen molar-refractivity contribution in [1.82, 2.24) is 0 Å². The van der Waals surface area contributed by atoms with Crippen molar-refractivity contribution >= 4 is 0 Å². The molecule has 0 aliphatic carbocycles. The molecule has 0 N–H and O–H groups in total. The van der Waals surface area contributed by atoms with Crippen LogP contribution in [-0.4, -0.2) is 0 Å². The summed E-state index contributed by atoms with van der Waals surface area (Å²) in [4.78, 5) is 0. The molecule has 0 heterocycles. The average molecular weight is 206 g/mol. The van der Waals surface area contributed by atoms with Crippen molar-refractivity contribution in [3.8, 4) is 6.07 Å². The largest absolute Gasteiger partial charge is 3.00 e. The Balaban J connectivity index is 0. The van der Waals surface area contributed by atoms with Gasteiger partial charge in [-0.1, -0.05) is 0 Å². The van der Waals surface area contributed by atoms with Gasteiger partial charge >= 0.3 is 32.7 Å². The predicted molar refractivity (Wildman–Crippen MR) is 36.2 cm³/mol. The zero-order valence-electron chi connectivity index (χ0n) is 5.62. The van der Waals surface area contributed by atoms with Gasteiger partial charge in [0.15, 0.2) is 0 Å². The summed E-state index contributed by atoms with van der Waals surface area (Å²) in [6.07, 6.45) is 0. The Kier molecular flexibility index (Phi) is 14.2. The molecule has 1 rings (SSSR count). The third-order valence-corrected chi connectivity index (χ3v) is 0.607. The van der Waals surface area contributed by atoms with Crippen LogP contribution in [0.2, 0.25) is 0 Å². The fraction of sp³-hybridized carbons (Fsp3) is 0. The monoisotopic (exact) mass is 206 g/mol. The van der Waals surface area contributed by atoms with E-state index in [0.29, 0.717) is 0 Å². The van der Waals surface area contributed by atoms with Gasteiger partial charge in [-0.2, -0.15) is 36.4 Å². The summed E-state index contributed by atoms with van der Waals surface area (Å²) < 4.78 is 0. The van der Waals surface area contributed by atoms with Crippen LogP contribution in [0, 0.1) is 24.3 Å². The van der Waals surface area contributed by atoms with Gasteiger partial charge in [-0.15, -0.1) is 6.07 Å². The molecule has 0 radical (unpaired) electrons. The van der Waals surface area contributed by atoms with Crippen molar-refractivity contribution in [2.45, 2.75) is 0 Å². The van der Waals surface area contributed by atoms with E-state index >= 15 is 0 Å². The topological polar surface area (TPSA) is 23.8 Å². The predicted octanol–water partition coefficient (Wildman–Crippen LogP) is 1.83. The van der Waals surface area contributed by atoms with Crippen LogP contribution in [-0.2, 0) is 32.7 Å². The fourth-order valence-electron chi connectivity index (χ4n) is 0.342. The normalized spacial score (nSPS) is 5.50. The molecular formula is C8H7NY+. The van der Waals surface area contributed by atoms with Crippen molar-refractivity contribution in [3.63, 3.8) is 0 Å². The minimum atomic E-state index is 0. The van der Waals surface area contributed by atoms with E-state index in [1.54, 1.807) is 0 Å². The number of rotatable bonds is 0. The number of benzene rings is 1. The number of hydrogen-bond acceptors (Lipinski definition) is 1. The maximum Gasteiger partial charge on any atom is 3.00 e. The zero-order chi connectivity index (χ0) is 6.95. The molecule has 0 unspecified atom stereocenters. The second-order valence-corrected chi connectivity index (χ2v) is 1.24. The van der Waals surface area contributed by atoms with Crippen molar-refractivity contribution in [1.29, 1.82) is 5.26 Å². The van der Waals surface area contributed by atoms with E-state index in [0.717, 1.165) is 0 Å². The molecule has 0 saturated carbocycles. The maximum absolute atomic E-state index is 7.21. The smallest absolute Gasteiger partial charge is 0.305 e. The van der Waals surface area contributed by atoms with E-state index in [4.69, 9.17) is 5.26 Å².